The SMILES string of the molecule is COc1ccc(OC)c(-c2csc(=Nc3c(C)cccc3C)n2/N=C\c2ccccc2F)c1. The number of nitrogens with zero attached hydrogens (tertiary/aromatic N) is 3. The first-order valence-electron chi connectivity index (χ1n) is 10.3. The summed E-state index contributed by atoms with van der Waals surface area (Å²) in [5.41, 5.74) is 4.95. The molecule has 0 aliphatic rings. The van der Waals surface area contributed by atoms with Crippen molar-refractivity contribution < 1.29 is 13.9 Å². The van der Waals surface area contributed by atoms with Crippen molar-refractivity contribution in [3.8, 4) is 22.8 Å². The minimum absolute atomic E-state index is 0.342. The van der Waals surface area contributed by atoms with E-state index in [1.54, 1.807) is 37.1 Å². The van der Waals surface area contributed by atoms with Gasteiger partial charge in [-0.15, -0.1) is 11.3 Å². The highest BCUT2D eigenvalue weighted by Crippen LogP contribution is 2.34. The number of hydrogen-bond acceptors (Lipinski definition) is 5. The average Bonchev–Trinajstić information content (AvgIpc) is 3.22. The summed E-state index contributed by atoms with van der Waals surface area (Å²) >= 11 is 1.45. The third kappa shape index (κ3) is 4.73. The van der Waals surface area contributed by atoms with Crippen molar-refractivity contribution in [2.75, 3.05) is 14.2 Å². The molecule has 0 aliphatic carbocycles. The number of ether oxygens (including phenoxy) is 2. The van der Waals surface area contributed by atoms with Gasteiger partial charge in [-0.3, -0.25) is 0 Å². The summed E-state index contributed by atoms with van der Waals surface area (Å²) in [4.78, 5) is 5.57. The Morgan fingerprint density at radius 1 is 0.939 bits per heavy atom. The summed E-state index contributed by atoms with van der Waals surface area (Å²) in [6, 6.07) is 18.1. The van der Waals surface area contributed by atoms with Crippen LogP contribution in [0.1, 0.15) is 16.7 Å². The van der Waals surface area contributed by atoms with Gasteiger partial charge < -0.3 is 9.47 Å². The van der Waals surface area contributed by atoms with E-state index in [4.69, 9.17) is 14.5 Å². The standard InChI is InChI=1S/C26H24FN3O2S/c1-17-8-7-9-18(2)25(17)29-26-30(28-15-19-10-5-6-11-22(19)27)23(16-33-26)21-14-20(31-3)12-13-24(21)32-4/h5-16H,1-4H3/b28-15-,29-26?. The van der Waals surface area contributed by atoms with Crippen molar-refractivity contribution in [2.24, 2.45) is 10.1 Å². The third-order valence-corrected chi connectivity index (χ3v) is 6.05. The maximum atomic E-state index is 14.3. The molecule has 0 aliphatic heterocycles. The van der Waals surface area contributed by atoms with Crippen LogP contribution >= 0.6 is 11.3 Å². The molecule has 0 unspecified atom stereocenters. The van der Waals surface area contributed by atoms with Gasteiger partial charge in [-0.2, -0.15) is 5.10 Å². The van der Waals surface area contributed by atoms with Crippen LogP contribution < -0.4 is 14.3 Å². The Hall–Kier alpha value is -3.71. The van der Waals surface area contributed by atoms with E-state index in [1.807, 2.05) is 55.6 Å². The Morgan fingerprint density at radius 3 is 2.39 bits per heavy atom. The minimum atomic E-state index is -0.342. The van der Waals surface area contributed by atoms with Gasteiger partial charge in [0, 0.05) is 16.5 Å². The number of hydrogen-bond donors (Lipinski definition) is 0. The number of para-hydroxylation sites is 1. The Kier molecular flexibility index (Phi) is 6.70. The van der Waals surface area contributed by atoms with Gasteiger partial charge >= 0.3 is 0 Å². The first-order chi connectivity index (χ1) is 16.0. The summed E-state index contributed by atoms with van der Waals surface area (Å²) in [6.45, 7) is 4.05. The Balaban J connectivity index is 1.96. The molecule has 1 aromatic heterocycles. The molecule has 0 radical (unpaired) electrons. The minimum Gasteiger partial charge on any atom is -0.497 e. The van der Waals surface area contributed by atoms with Crippen molar-refractivity contribution in [1.82, 2.24) is 4.68 Å². The monoisotopic (exact) mass is 461 g/mol. The van der Waals surface area contributed by atoms with Gasteiger partial charge in [-0.25, -0.2) is 14.1 Å². The maximum Gasteiger partial charge on any atom is 0.211 e. The Morgan fingerprint density at radius 2 is 1.70 bits per heavy atom. The maximum absolute atomic E-state index is 14.3. The largest absolute Gasteiger partial charge is 0.497 e. The van der Waals surface area contributed by atoms with Crippen molar-refractivity contribution in [3.63, 3.8) is 0 Å². The second-order valence-corrected chi connectivity index (χ2v) is 8.24. The van der Waals surface area contributed by atoms with Crippen LogP contribution in [0.5, 0.6) is 11.5 Å². The Bertz CT molecular complexity index is 1370. The van der Waals surface area contributed by atoms with Crippen molar-refractivity contribution in [3.05, 3.63) is 93.4 Å². The molecule has 0 saturated heterocycles. The number of aryl methyl sites for hydroxylation is 2. The molecule has 4 rings (SSSR count). The molecule has 0 fully saturated rings. The summed E-state index contributed by atoms with van der Waals surface area (Å²) in [5.74, 6) is 1.02. The zero-order valence-electron chi connectivity index (χ0n) is 18.9. The second kappa shape index (κ2) is 9.83. The van der Waals surface area contributed by atoms with Crippen LogP contribution in [-0.4, -0.2) is 25.1 Å². The summed E-state index contributed by atoms with van der Waals surface area (Å²) in [7, 11) is 3.23. The van der Waals surface area contributed by atoms with Gasteiger partial charge in [0.2, 0.25) is 4.80 Å². The van der Waals surface area contributed by atoms with Crippen LogP contribution in [0, 0.1) is 19.7 Å². The van der Waals surface area contributed by atoms with Gasteiger partial charge in [0.05, 0.1) is 31.8 Å². The van der Waals surface area contributed by atoms with Crippen LogP contribution in [0.15, 0.2) is 76.1 Å². The predicted octanol–water partition coefficient (Wildman–Crippen LogP) is 6.10. The molecule has 1 heterocycles. The summed E-state index contributed by atoms with van der Waals surface area (Å²) < 4.78 is 27.0. The van der Waals surface area contributed by atoms with E-state index >= 15 is 0 Å². The van der Waals surface area contributed by atoms with Gasteiger partial charge in [0.15, 0.2) is 0 Å². The first kappa shape index (κ1) is 22.5. The average molecular weight is 462 g/mol. The van der Waals surface area contributed by atoms with Gasteiger partial charge in [-0.1, -0.05) is 36.4 Å². The fourth-order valence-corrected chi connectivity index (χ4v) is 4.30. The molecule has 3 aromatic carbocycles. The lowest BCUT2D eigenvalue weighted by atomic mass is 10.1. The molecule has 0 saturated carbocycles. The van der Waals surface area contributed by atoms with Crippen molar-refractivity contribution >= 4 is 23.2 Å². The molecular formula is C26H24FN3O2S. The summed E-state index contributed by atoms with van der Waals surface area (Å²) in [6.07, 6.45) is 1.50. The third-order valence-electron chi connectivity index (χ3n) is 5.23. The highest BCUT2D eigenvalue weighted by molar-refractivity contribution is 7.07. The van der Waals surface area contributed by atoms with Crippen molar-refractivity contribution in [1.29, 1.82) is 0 Å². The van der Waals surface area contributed by atoms with E-state index in [1.165, 1.54) is 23.6 Å². The van der Waals surface area contributed by atoms with E-state index in [0.717, 1.165) is 28.1 Å². The number of thiazole rings is 1. The second-order valence-electron chi connectivity index (χ2n) is 7.40. The zero-order chi connectivity index (χ0) is 23.4. The number of aromatic nitrogens is 1. The van der Waals surface area contributed by atoms with Crippen LogP contribution in [0.3, 0.4) is 0 Å². The topological polar surface area (TPSA) is 48.1 Å². The van der Waals surface area contributed by atoms with Gasteiger partial charge in [0.1, 0.15) is 17.3 Å². The van der Waals surface area contributed by atoms with Crippen LogP contribution in [0.2, 0.25) is 0 Å². The lowest BCUT2D eigenvalue weighted by Gasteiger charge is -2.11. The van der Waals surface area contributed by atoms with E-state index in [9.17, 15) is 4.39 Å². The molecule has 168 valence electrons. The molecule has 0 atom stereocenters. The molecule has 5 nitrogen and oxygen atoms in total. The number of halogens is 1. The fraction of sp³-hybridized carbons (Fsp3) is 0.154. The molecule has 0 N–H and O–H groups in total. The predicted molar refractivity (Wildman–Crippen MR) is 131 cm³/mol. The van der Waals surface area contributed by atoms with Crippen molar-refractivity contribution in [2.45, 2.75) is 13.8 Å². The number of benzene rings is 3. The summed E-state index contributed by atoms with van der Waals surface area (Å²) in [5, 5.41) is 6.59. The first-order valence-corrected chi connectivity index (χ1v) is 11.2. The van der Waals surface area contributed by atoms with Crippen LogP contribution in [0.25, 0.3) is 11.3 Å². The molecule has 7 heteroatoms. The molecule has 0 bridgehead atoms. The fourth-order valence-electron chi connectivity index (χ4n) is 3.47. The number of methoxy groups -OCH3 is 2. The van der Waals surface area contributed by atoms with Crippen LogP contribution in [0.4, 0.5) is 10.1 Å². The van der Waals surface area contributed by atoms with Gasteiger partial charge in [0.25, 0.3) is 0 Å². The molecule has 0 amide bonds. The molecule has 33 heavy (non-hydrogen) atoms. The van der Waals surface area contributed by atoms with E-state index in [-0.39, 0.29) is 5.82 Å². The lowest BCUT2D eigenvalue weighted by Crippen LogP contribution is -2.12. The molecular weight excluding hydrogens is 437 g/mol. The number of rotatable bonds is 6. The van der Waals surface area contributed by atoms with E-state index in [0.29, 0.717) is 21.9 Å². The molecule has 4 aromatic rings. The van der Waals surface area contributed by atoms with Crippen LogP contribution in [-0.2, 0) is 0 Å². The smallest absolute Gasteiger partial charge is 0.211 e. The lowest BCUT2D eigenvalue weighted by molar-refractivity contribution is 0.404. The normalized spacial score (nSPS) is 11.8. The van der Waals surface area contributed by atoms with E-state index in [2.05, 4.69) is 5.10 Å². The Labute approximate surface area is 196 Å². The highest BCUT2D eigenvalue weighted by Gasteiger charge is 2.15. The molecule has 0 spiro atoms. The van der Waals surface area contributed by atoms with Gasteiger partial charge in [-0.05, 0) is 49.2 Å². The highest BCUT2D eigenvalue weighted by atomic mass is 32.1. The van der Waals surface area contributed by atoms with E-state index < -0.39 is 0 Å². The zero-order valence-corrected chi connectivity index (χ0v) is 19.7. The quantitative estimate of drug-likeness (QED) is 0.326.